The predicted molar refractivity (Wildman–Crippen MR) is 120 cm³/mol. The van der Waals surface area contributed by atoms with Crippen LogP contribution in [0.2, 0.25) is 0 Å². The third-order valence-electron chi connectivity index (χ3n) is 4.76. The Morgan fingerprint density at radius 2 is 1.65 bits per heavy atom. The number of halogens is 1. The van der Waals surface area contributed by atoms with Crippen LogP contribution in [0.5, 0.6) is 0 Å². The molecule has 4 nitrogen and oxygen atoms in total. The van der Waals surface area contributed by atoms with Gasteiger partial charge < -0.3 is 10.6 Å². The number of nitrogens with zero attached hydrogens (tertiary/aromatic N) is 2. The molecule has 0 saturated carbocycles. The summed E-state index contributed by atoms with van der Waals surface area (Å²) in [5, 5.41) is 6.89. The van der Waals surface area contributed by atoms with Gasteiger partial charge in [-0.1, -0.05) is 60.7 Å². The van der Waals surface area contributed by atoms with Crippen molar-refractivity contribution in [2.75, 3.05) is 20.1 Å². The van der Waals surface area contributed by atoms with Crippen LogP contribution in [0, 0.1) is 0 Å². The van der Waals surface area contributed by atoms with E-state index in [1.54, 1.807) is 0 Å². The van der Waals surface area contributed by atoms with Crippen molar-refractivity contribution in [3.05, 3.63) is 71.8 Å². The fourth-order valence-corrected chi connectivity index (χ4v) is 3.37. The van der Waals surface area contributed by atoms with Gasteiger partial charge in [0.05, 0.1) is 0 Å². The molecule has 0 radical (unpaired) electrons. The van der Waals surface area contributed by atoms with Crippen LogP contribution in [-0.4, -0.2) is 37.0 Å². The molecular weight excluding hydrogens is 435 g/mol. The van der Waals surface area contributed by atoms with Crippen molar-refractivity contribution in [2.45, 2.75) is 32.0 Å². The fraction of sp³-hybridized carbons (Fsp3) is 0.381. The lowest BCUT2D eigenvalue weighted by molar-refractivity contribution is 0.245. The SMILES string of the molecule is CN=C(NCc1ccccc1)NCC1CCCN1Cc1ccccc1.I. The number of rotatable bonds is 6. The van der Waals surface area contributed by atoms with Gasteiger partial charge in [0, 0.05) is 32.7 Å². The van der Waals surface area contributed by atoms with Gasteiger partial charge in [-0.3, -0.25) is 9.89 Å². The van der Waals surface area contributed by atoms with Gasteiger partial charge in [-0.15, -0.1) is 24.0 Å². The van der Waals surface area contributed by atoms with Crippen LogP contribution < -0.4 is 10.6 Å². The van der Waals surface area contributed by atoms with E-state index in [9.17, 15) is 0 Å². The summed E-state index contributed by atoms with van der Waals surface area (Å²) < 4.78 is 0. The van der Waals surface area contributed by atoms with Crippen LogP contribution in [0.25, 0.3) is 0 Å². The first-order valence-electron chi connectivity index (χ1n) is 9.11. The number of benzene rings is 2. The zero-order chi connectivity index (χ0) is 17.3. The van der Waals surface area contributed by atoms with Crippen LogP contribution in [0.4, 0.5) is 0 Å². The average molecular weight is 464 g/mol. The highest BCUT2D eigenvalue weighted by atomic mass is 127. The summed E-state index contributed by atoms with van der Waals surface area (Å²) in [6.45, 7) is 3.93. The van der Waals surface area contributed by atoms with Crippen LogP contribution in [0.1, 0.15) is 24.0 Å². The molecule has 1 saturated heterocycles. The van der Waals surface area contributed by atoms with Crippen LogP contribution in [0.3, 0.4) is 0 Å². The molecule has 3 rings (SSSR count). The first-order chi connectivity index (χ1) is 12.3. The highest BCUT2D eigenvalue weighted by molar-refractivity contribution is 14.0. The summed E-state index contributed by atoms with van der Waals surface area (Å²) in [6.07, 6.45) is 2.52. The largest absolute Gasteiger partial charge is 0.355 e. The predicted octanol–water partition coefficient (Wildman–Crippen LogP) is 3.63. The smallest absolute Gasteiger partial charge is 0.191 e. The topological polar surface area (TPSA) is 39.7 Å². The van der Waals surface area contributed by atoms with Gasteiger partial charge in [0.15, 0.2) is 5.96 Å². The van der Waals surface area contributed by atoms with E-state index in [-0.39, 0.29) is 24.0 Å². The van der Waals surface area contributed by atoms with Crippen LogP contribution >= 0.6 is 24.0 Å². The highest BCUT2D eigenvalue weighted by Crippen LogP contribution is 2.19. The normalized spacial score (nSPS) is 17.6. The molecule has 1 atom stereocenters. The lowest BCUT2D eigenvalue weighted by Gasteiger charge is -2.25. The van der Waals surface area contributed by atoms with E-state index in [4.69, 9.17) is 0 Å². The zero-order valence-electron chi connectivity index (χ0n) is 15.4. The molecule has 1 unspecified atom stereocenters. The van der Waals surface area contributed by atoms with E-state index in [1.807, 2.05) is 13.1 Å². The van der Waals surface area contributed by atoms with Crippen molar-refractivity contribution in [2.24, 2.45) is 4.99 Å². The van der Waals surface area contributed by atoms with Gasteiger partial charge in [0.1, 0.15) is 0 Å². The minimum absolute atomic E-state index is 0. The highest BCUT2D eigenvalue weighted by Gasteiger charge is 2.24. The Hall–Kier alpha value is -1.60. The summed E-state index contributed by atoms with van der Waals surface area (Å²) in [6, 6.07) is 21.7. The Balaban J connectivity index is 0.00000243. The summed E-state index contributed by atoms with van der Waals surface area (Å²) in [4.78, 5) is 6.93. The fourth-order valence-electron chi connectivity index (χ4n) is 3.37. The lowest BCUT2D eigenvalue weighted by Crippen LogP contribution is -2.44. The Morgan fingerprint density at radius 1 is 1.00 bits per heavy atom. The summed E-state index contributed by atoms with van der Waals surface area (Å²) in [5.74, 6) is 0.871. The maximum atomic E-state index is 4.35. The minimum atomic E-state index is 0. The van der Waals surface area contributed by atoms with Crippen molar-refractivity contribution in [3.8, 4) is 0 Å². The van der Waals surface area contributed by atoms with Gasteiger partial charge >= 0.3 is 0 Å². The molecule has 2 aromatic carbocycles. The second-order valence-corrected chi connectivity index (χ2v) is 6.54. The molecular formula is C21H29IN4. The Labute approximate surface area is 174 Å². The maximum absolute atomic E-state index is 4.35. The summed E-state index contributed by atoms with van der Waals surface area (Å²) in [7, 11) is 1.83. The quantitative estimate of drug-likeness (QED) is 0.390. The molecule has 2 N–H and O–H groups in total. The molecule has 140 valence electrons. The van der Waals surface area contributed by atoms with Gasteiger partial charge in [0.25, 0.3) is 0 Å². The first-order valence-corrected chi connectivity index (χ1v) is 9.11. The van der Waals surface area contributed by atoms with E-state index in [2.05, 4.69) is 75.1 Å². The summed E-state index contributed by atoms with van der Waals surface area (Å²) >= 11 is 0. The van der Waals surface area contributed by atoms with Crippen LogP contribution in [0.15, 0.2) is 65.7 Å². The van der Waals surface area contributed by atoms with E-state index < -0.39 is 0 Å². The number of hydrogen-bond acceptors (Lipinski definition) is 2. The van der Waals surface area contributed by atoms with Crippen LogP contribution in [-0.2, 0) is 13.1 Å². The third kappa shape index (κ3) is 6.29. The maximum Gasteiger partial charge on any atom is 0.191 e. The second kappa shape index (κ2) is 11.2. The molecule has 0 bridgehead atoms. The molecule has 1 aliphatic heterocycles. The molecule has 1 heterocycles. The Morgan fingerprint density at radius 3 is 2.31 bits per heavy atom. The molecule has 0 aliphatic carbocycles. The monoisotopic (exact) mass is 464 g/mol. The molecule has 0 spiro atoms. The second-order valence-electron chi connectivity index (χ2n) is 6.54. The number of guanidine groups is 1. The lowest BCUT2D eigenvalue weighted by atomic mass is 10.2. The van der Waals surface area contributed by atoms with E-state index in [0.29, 0.717) is 6.04 Å². The molecule has 0 aromatic heterocycles. The van der Waals surface area contributed by atoms with E-state index in [1.165, 1.54) is 30.5 Å². The van der Waals surface area contributed by atoms with Gasteiger partial charge in [-0.2, -0.15) is 0 Å². The standard InChI is InChI=1S/C21H28N4.HI/c1-22-21(23-15-18-9-4-2-5-10-18)24-16-20-13-8-14-25(20)17-19-11-6-3-7-12-19;/h2-7,9-12,20H,8,13-17H2,1H3,(H2,22,23,24);1H. The minimum Gasteiger partial charge on any atom is -0.355 e. The van der Waals surface area contributed by atoms with Crippen molar-refractivity contribution in [3.63, 3.8) is 0 Å². The van der Waals surface area contributed by atoms with Gasteiger partial charge in [-0.05, 0) is 30.5 Å². The number of likely N-dealkylation sites (tertiary alicyclic amines) is 1. The van der Waals surface area contributed by atoms with E-state index in [0.717, 1.165) is 25.6 Å². The van der Waals surface area contributed by atoms with Crippen molar-refractivity contribution in [1.29, 1.82) is 0 Å². The van der Waals surface area contributed by atoms with E-state index >= 15 is 0 Å². The Bertz CT molecular complexity index is 660. The van der Waals surface area contributed by atoms with Crippen molar-refractivity contribution >= 4 is 29.9 Å². The number of hydrogen-bond donors (Lipinski definition) is 2. The molecule has 26 heavy (non-hydrogen) atoms. The first kappa shape index (κ1) is 20.7. The molecule has 5 heteroatoms. The van der Waals surface area contributed by atoms with Gasteiger partial charge in [0.2, 0.25) is 0 Å². The number of nitrogens with one attached hydrogen (secondary N) is 2. The molecule has 0 amide bonds. The van der Waals surface area contributed by atoms with Crippen molar-refractivity contribution < 1.29 is 0 Å². The molecule has 1 fully saturated rings. The molecule has 1 aliphatic rings. The Kier molecular flexibility index (Phi) is 8.91. The molecule has 2 aromatic rings. The zero-order valence-corrected chi connectivity index (χ0v) is 17.7. The van der Waals surface area contributed by atoms with Gasteiger partial charge in [-0.25, -0.2) is 0 Å². The third-order valence-corrected chi connectivity index (χ3v) is 4.76. The number of aliphatic imine (C=N–C) groups is 1. The summed E-state index contributed by atoms with van der Waals surface area (Å²) in [5.41, 5.74) is 2.65. The van der Waals surface area contributed by atoms with Crippen molar-refractivity contribution in [1.82, 2.24) is 15.5 Å². The average Bonchev–Trinajstić information content (AvgIpc) is 3.10.